The van der Waals surface area contributed by atoms with Crippen molar-refractivity contribution in [2.75, 3.05) is 5.32 Å². The van der Waals surface area contributed by atoms with Crippen LogP contribution in [-0.4, -0.2) is 26.5 Å². The van der Waals surface area contributed by atoms with Gasteiger partial charge in [0.05, 0.1) is 32.3 Å². The molecule has 3 heterocycles. The number of nitrogens with zero attached hydrogens (tertiary/aromatic N) is 2. The summed E-state index contributed by atoms with van der Waals surface area (Å²) in [5.74, 6) is 0.296. The maximum absolute atomic E-state index is 13.2. The second-order valence-corrected chi connectivity index (χ2v) is 9.48. The standard InChI is InChI=1S/C24H20Cl2FN5O2/c1-24(2)8-15-19-18(30-23(31-19)32-20-16(25)10-28-11-17(20)26)7-14(21(15)34-24)22(33)29-9-12-3-5-13(27)6-4-12/h3-7,10-11H,8-9H2,1-2H3,(H,29,33)(H2,28,30,31,32). The van der Waals surface area contributed by atoms with Crippen LogP contribution in [0.5, 0.6) is 5.75 Å². The number of anilines is 2. The maximum atomic E-state index is 13.2. The van der Waals surface area contributed by atoms with Crippen molar-refractivity contribution in [2.24, 2.45) is 0 Å². The van der Waals surface area contributed by atoms with Crippen LogP contribution in [0.1, 0.15) is 35.3 Å². The molecule has 0 bridgehead atoms. The van der Waals surface area contributed by atoms with E-state index in [0.717, 1.165) is 11.1 Å². The van der Waals surface area contributed by atoms with Crippen LogP contribution >= 0.6 is 23.2 Å². The summed E-state index contributed by atoms with van der Waals surface area (Å²) in [6, 6.07) is 7.69. The van der Waals surface area contributed by atoms with Crippen molar-refractivity contribution in [1.29, 1.82) is 0 Å². The predicted molar refractivity (Wildman–Crippen MR) is 130 cm³/mol. The molecule has 0 saturated carbocycles. The fourth-order valence-corrected chi connectivity index (χ4v) is 4.44. The smallest absolute Gasteiger partial charge is 0.255 e. The Morgan fingerprint density at radius 2 is 1.91 bits per heavy atom. The average molecular weight is 500 g/mol. The van der Waals surface area contributed by atoms with Crippen LogP contribution in [0, 0.1) is 5.82 Å². The summed E-state index contributed by atoms with van der Waals surface area (Å²) in [5, 5.41) is 6.69. The van der Waals surface area contributed by atoms with E-state index in [4.69, 9.17) is 27.9 Å². The largest absolute Gasteiger partial charge is 0.486 e. The van der Waals surface area contributed by atoms with E-state index in [1.807, 2.05) is 13.8 Å². The van der Waals surface area contributed by atoms with E-state index < -0.39 is 5.60 Å². The number of carbonyl (C=O) groups is 1. The second kappa shape index (κ2) is 8.45. The molecule has 0 atom stereocenters. The highest BCUT2D eigenvalue weighted by Crippen LogP contribution is 2.42. The number of hydrogen-bond donors (Lipinski definition) is 3. The molecule has 0 spiro atoms. The maximum Gasteiger partial charge on any atom is 0.255 e. The third-order valence-corrected chi connectivity index (χ3v) is 6.09. The summed E-state index contributed by atoms with van der Waals surface area (Å²) in [4.78, 5) is 25.0. The highest BCUT2D eigenvalue weighted by Gasteiger charge is 2.36. The topological polar surface area (TPSA) is 91.9 Å². The molecule has 174 valence electrons. The number of ether oxygens (including phenoxy) is 1. The first-order valence-corrected chi connectivity index (χ1v) is 11.3. The summed E-state index contributed by atoms with van der Waals surface area (Å²) in [7, 11) is 0. The molecule has 5 rings (SSSR count). The number of amides is 1. The average Bonchev–Trinajstić information content (AvgIpc) is 3.34. The Labute approximate surface area is 204 Å². The number of nitrogens with one attached hydrogen (secondary N) is 3. The van der Waals surface area contributed by atoms with Gasteiger partial charge >= 0.3 is 0 Å². The van der Waals surface area contributed by atoms with Gasteiger partial charge in [-0.3, -0.25) is 9.78 Å². The van der Waals surface area contributed by atoms with Crippen molar-refractivity contribution in [1.82, 2.24) is 20.3 Å². The Morgan fingerprint density at radius 3 is 2.62 bits per heavy atom. The first-order valence-electron chi connectivity index (χ1n) is 10.5. The molecule has 1 aliphatic heterocycles. The molecule has 2 aromatic heterocycles. The van der Waals surface area contributed by atoms with Gasteiger partial charge in [0.15, 0.2) is 0 Å². The molecule has 7 nitrogen and oxygen atoms in total. The van der Waals surface area contributed by atoms with Gasteiger partial charge in [0.2, 0.25) is 5.95 Å². The summed E-state index contributed by atoms with van der Waals surface area (Å²) in [6.45, 7) is 4.17. The molecular weight excluding hydrogens is 480 g/mol. The SMILES string of the molecule is CC1(C)Cc2c(c(C(=O)NCc3ccc(F)cc3)cc3[nH]c(Nc4c(Cl)cncc4Cl)nc23)O1. The first kappa shape index (κ1) is 22.4. The zero-order chi connectivity index (χ0) is 24.0. The Balaban J connectivity index is 1.50. The number of fused-ring (bicyclic) bond motifs is 3. The number of benzene rings is 2. The molecule has 1 aliphatic rings. The highest BCUT2D eigenvalue weighted by atomic mass is 35.5. The second-order valence-electron chi connectivity index (χ2n) is 8.66. The van der Waals surface area contributed by atoms with Gasteiger partial charge in [-0.1, -0.05) is 35.3 Å². The number of rotatable bonds is 5. The van der Waals surface area contributed by atoms with Crippen LogP contribution in [0.4, 0.5) is 16.0 Å². The molecular formula is C24H20Cl2FN5O2. The molecule has 34 heavy (non-hydrogen) atoms. The fraction of sp³-hybridized carbons (Fsp3) is 0.208. The molecule has 0 fully saturated rings. The van der Waals surface area contributed by atoms with Crippen LogP contribution in [0.3, 0.4) is 0 Å². The number of H-pyrrole nitrogens is 1. The van der Waals surface area contributed by atoms with Gasteiger partial charge in [0, 0.05) is 30.9 Å². The summed E-state index contributed by atoms with van der Waals surface area (Å²) in [5.41, 5.74) is 3.36. The Kier molecular flexibility index (Phi) is 5.58. The van der Waals surface area contributed by atoms with Gasteiger partial charge in [-0.2, -0.15) is 0 Å². The number of halogens is 3. The zero-order valence-electron chi connectivity index (χ0n) is 18.3. The van der Waals surface area contributed by atoms with E-state index in [1.54, 1.807) is 18.2 Å². The highest BCUT2D eigenvalue weighted by molar-refractivity contribution is 6.39. The minimum atomic E-state index is -0.493. The Hall–Kier alpha value is -3.36. The summed E-state index contributed by atoms with van der Waals surface area (Å²) in [6.07, 6.45) is 3.55. The van der Waals surface area contributed by atoms with E-state index in [2.05, 4.69) is 25.6 Å². The lowest BCUT2D eigenvalue weighted by Gasteiger charge is -2.18. The zero-order valence-corrected chi connectivity index (χ0v) is 19.8. The van der Waals surface area contributed by atoms with Crippen LogP contribution < -0.4 is 15.4 Å². The number of carbonyl (C=O) groups excluding carboxylic acids is 1. The number of imidazole rings is 1. The third kappa shape index (κ3) is 4.26. The van der Waals surface area contributed by atoms with Crippen molar-refractivity contribution in [3.63, 3.8) is 0 Å². The van der Waals surface area contributed by atoms with Gasteiger partial charge in [0.1, 0.15) is 17.2 Å². The monoisotopic (exact) mass is 499 g/mol. The Morgan fingerprint density at radius 1 is 1.21 bits per heavy atom. The molecule has 1 amide bonds. The van der Waals surface area contributed by atoms with Crippen molar-refractivity contribution in [3.05, 3.63) is 75.3 Å². The molecule has 0 aliphatic carbocycles. The summed E-state index contributed by atoms with van der Waals surface area (Å²) >= 11 is 12.5. The van der Waals surface area contributed by atoms with Gasteiger partial charge in [0.25, 0.3) is 5.91 Å². The van der Waals surface area contributed by atoms with E-state index in [9.17, 15) is 9.18 Å². The van der Waals surface area contributed by atoms with E-state index in [0.29, 0.717) is 50.4 Å². The van der Waals surface area contributed by atoms with Gasteiger partial charge in [-0.15, -0.1) is 0 Å². The number of pyridine rings is 1. The lowest BCUT2D eigenvalue weighted by Crippen LogP contribution is -2.26. The normalized spacial score (nSPS) is 14.0. The number of hydrogen-bond acceptors (Lipinski definition) is 5. The van der Waals surface area contributed by atoms with Crippen LogP contribution in [0.15, 0.2) is 42.7 Å². The lowest BCUT2D eigenvalue weighted by atomic mass is 9.98. The van der Waals surface area contributed by atoms with Crippen molar-refractivity contribution in [2.45, 2.75) is 32.4 Å². The van der Waals surface area contributed by atoms with Crippen molar-refractivity contribution >= 4 is 51.8 Å². The minimum Gasteiger partial charge on any atom is -0.486 e. The fourth-order valence-electron chi connectivity index (χ4n) is 3.98. The van der Waals surface area contributed by atoms with E-state index in [-0.39, 0.29) is 18.3 Å². The molecule has 0 radical (unpaired) electrons. The van der Waals surface area contributed by atoms with E-state index >= 15 is 0 Å². The van der Waals surface area contributed by atoms with Crippen LogP contribution in [-0.2, 0) is 13.0 Å². The van der Waals surface area contributed by atoms with Gasteiger partial charge in [-0.25, -0.2) is 9.37 Å². The summed E-state index contributed by atoms with van der Waals surface area (Å²) < 4.78 is 19.3. The minimum absolute atomic E-state index is 0.254. The molecule has 4 aromatic rings. The Bertz CT molecular complexity index is 1400. The van der Waals surface area contributed by atoms with Gasteiger partial charge in [-0.05, 0) is 37.6 Å². The quantitative estimate of drug-likeness (QED) is 0.323. The number of aromatic amines is 1. The van der Waals surface area contributed by atoms with Crippen LogP contribution in [0.2, 0.25) is 10.0 Å². The number of aromatic nitrogens is 3. The van der Waals surface area contributed by atoms with E-state index in [1.165, 1.54) is 24.5 Å². The predicted octanol–water partition coefficient (Wildman–Crippen LogP) is 5.79. The first-order chi connectivity index (χ1) is 16.2. The van der Waals surface area contributed by atoms with Crippen molar-refractivity contribution < 1.29 is 13.9 Å². The third-order valence-electron chi connectivity index (χ3n) is 5.51. The van der Waals surface area contributed by atoms with Crippen molar-refractivity contribution in [3.8, 4) is 5.75 Å². The van der Waals surface area contributed by atoms with Crippen LogP contribution in [0.25, 0.3) is 11.0 Å². The molecule has 0 unspecified atom stereocenters. The van der Waals surface area contributed by atoms with Gasteiger partial charge < -0.3 is 20.4 Å². The molecule has 3 N–H and O–H groups in total. The lowest BCUT2D eigenvalue weighted by molar-refractivity contribution is 0.0937. The molecule has 10 heteroatoms. The molecule has 0 saturated heterocycles. The molecule has 2 aromatic carbocycles.